The van der Waals surface area contributed by atoms with Crippen molar-refractivity contribution in [2.45, 2.75) is 6.54 Å². The molecule has 0 aliphatic heterocycles. The number of thiazole rings is 1. The number of methoxy groups -OCH3 is 1. The zero-order valence-electron chi connectivity index (χ0n) is 12.2. The third-order valence-corrected chi connectivity index (χ3v) is 4.11. The lowest BCUT2D eigenvalue weighted by atomic mass is 10.1. The summed E-state index contributed by atoms with van der Waals surface area (Å²) in [5.74, 6) is 0. The standard InChI is InChI=1S/C15H21N3OS/c1-18(2)15-17-14(12-7-5-4-6-8-12)13(20-15)11-16-9-10-19-3/h4-8,16H,9-11H2,1-3H3. The Balaban J connectivity index is 2.20. The highest BCUT2D eigenvalue weighted by atomic mass is 32.1. The van der Waals surface area contributed by atoms with E-state index in [0.29, 0.717) is 0 Å². The van der Waals surface area contributed by atoms with Gasteiger partial charge >= 0.3 is 0 Å². The second-order valence-electron chi connectivity index (χ2n) is 4.70. The van der Waals surface area contributed by atoms with Crippen LogP contribution in [0.25, 0.3) is 11.3 Å². The molecule has 108 valence electrons. The predicted octanol–water partition coefficient (Wildman–Crippen LogP) is 2.61. The minimum absolute atomic E-state index is 0.722. The first-order valence-corrected chi connectivity index (χ1v) is 7.46. The van der Waals surface area contributed by atoms with Gasteiger partial charge in [-0.15, -0.1) is 0 Å². The fourth-order valence-corrected chi connectivity index (χ4v) is 2.82. The van der Waals surface area contributed by atoms with Crippen LogP contribution in [0.1, 0.15) is 4.88 Å². The Morgan fingerprint density at radius 2 is 2.00 bits per heavy atom. The number of nitrogens with zero attached hydrogens (tertiary/aromatic N) is 2. The van der Waals surface area contributed by atoms with Crippen molar-refractivity contribution in [3.05, 3.63) is 35.2 Å². The van der Waals surface area contributed by atoms with Crippen LogP contribution in [-0.2, 0) is 11.3 Å². The van der Waals surface area contributed by atoms with E-state index in [9.17, 15) is 0 Å². The summed E-state index contributed by atoms with van der Waals surface area (Å²) in [7, 11) is 5.76. The van der Waals surface area contributed by atoms with Crippen LogP contribution in [0.5, 0.6) is 0 Å². The van der Waals surface area contributed by atoms with Crippen molar-refractivity contribution in [3.8, 4) is 11.3 Å². The minimum Gasteiger partial charge on any atom is -0.383 e. The Bertz CT molecular complexity index is 525. The van der Waals surface area contributed by atoms with Gasteiger partial charge in [-0.05, 0) is 0 Å². The molecule has 1 N–H and O–H groups in total. The first-order chi connectivity index (χ1) is 9.72. The van der Waals surface area contributed by atoms with Gasteiger partial charge < -0.3 is 15.0 Å². The van der Waals surface area contributed by atoms with Crippen molar-refractivity contribution in [2.75, 3.05) is 39.3 Å². The van der Waals surface area contributed by atoms with E-state index in [1.165, 1.54) is 10.4 Å². The number of rotatable bonds is 7. The van der Waals surface area contributed by atoms with E-state index in [-0.39, 0.29) is 0 Å². The number of ether oxygens (including phenoxy) is 1. The second kappa shape index (κ2) is 7.38. The maximum atomic E-state index is 5.06. The van der Waals surface area contributed by atoms with Crippen LogP contribution >= 0.6 is 11.3 Å². The lowest BCUT2D eigenvalue weighted by Gasteiger charge is -2.05. The maximum Gasteiger partial charge on any atom is 0.185 e. The molecule has 4 nitrogen and oxygen atoms in total. The predicted molar refractivity (Wildman–Crippen MR) is 85.5 cm³/mol. The molecule has 1 heterocycles. The third-order valence-electron chi connectivity index (χ3n) is 2.88. The Morgan fingerprint density at radius 3 is 2.65 bits per heavy atom. The average Bonchev–Trinajstić information content (AvgIpc) is 2.89. The van der Waals surface area contributed by atoms with Crippen molar-refractivity contribution in [1.29, 1.82) is 0 Å². The van der Waals surface area contributed by atoms with Crippen LogP contribution in [0.3, 0.4) is 0 Å². The molecule has 1 aromatic carbocycles. The quantitative estimate of drug-likeness (QED) is 0.796. The summed E-state index contributed by atoms with van der Waals surface area (Å²) in [5, 5.41) is 4.43. The number of benzene rings is 1. The monoisotopic (exact) mass is 291 g/mol. The van der Waals surface area contributed by atoms with Crippen LogP contribution in [-0.4, -0.2) is 39.3 Å². The maximum absolute atomic E-state index is 5.06. The largest absolute Gasteiger partial charge is 0.383 e. The number of nitrogens with one attached hydrogen (secondary N) is 1. The Morgan fingerprint density at radius 1 is 1.25 bits per heavy atom. The van der Waals surface area contributed by atoms with Crippen molar-refractivity contribution in [3.63, 3.8) is 0 Å². The van der Waals surface area contributed by atoms with E-state index >= 15 is 0 Å². The molecule has 0 amide bonds. The Kier molecular flexibility index (Phi) is 5.52. The molecular formula is C15H21N3OS. The van der Waals surface area contributed by atoms with Crippen LogP contribution in [0, 0.1) is 0 Å². The SMILES string of the molecule is COCCNCc1sc(N(C)C)nc1-c1ccccc1. The van der Waals surface area contributed by atoms with Crippen LogP contribution < -0.4 is 10.2 Å². The molecule has 0 aliphatic carbocycles. The molecule has 0 bridgehead atoms. The average molecular weight is 291 g/mol. The van der Waals surface area contributed by atoms with Gasteiger partial charge in [0.05, 0.1) is 12.3 Å². The molecule has 2 aromatic rings. The molecule has 20 heavy (non-hydrogen) atoms. The molecule has 0 unspecified atom stereocenters. The molecule has 0 aliphatic rings. The number of hydrogen-bond acceptors (Lipinski definition) is 5. The van der Waals surface area contributed by atoms with E-state index in [1.807, 2.05) is 32.3 Å². The van der Waals surface area contributed by atoms with Crippen molar-refractivity contribution >= 4 is 16.5 Å². The number of aromatic nitrogens is 1. The van der Waals surface area contributed by atoms with Gasteiger partial charge in [-0.1, -0.05) is 41.7 Å². The minimum atomic E-state index is 0.722. The first kappa shape index (κ1) is 15.0. The van der Waals surface area contributed by atoms with E-state index < -0.39 is 0 Å². The Labute approximate surface area is 124 Å². The van der Waals surface area contributed by atoms with Gasteiger partial charge in [-0.2, -0.15) is 0 Å². The number of hydrogen-bond donors (Lipinski definition) is 1. The van der Waals surface area contributed by atoms with E-state index in [2.05, 4.69) is 22.3 Å². The number of anilines is 1. The zero-order valence-corrected chi connectivity index (χ0v) is 13.0. The van der Waals surface area contributed by atoms with Crippen molar-refractivity contribution < 1.29 is 4.74 Å². The van der Waals surface area contributed by atoms with Crippen LogP contribution in [0.15, 0.2) is 30.3 Å². The Hall–Kier alpha value is -1.43. The van der Waals surface area contributed by atoms with Gasteiger partial charge in [0.1, 0.15) is 0 Å². The zero-order chi connectivity index (χ0) is 14.4. The summed E-state index contributed by atoms with van der Waals surface area (Å²) in [6, 6.07) is 10.3. The summed E-state index contributed by atoms with van der Waals surface area (Å²) in [6.07, 6.45) is 0. The second-order valence-corrected chi connectivity index (χ2v) is 5.76. The van der Waals surface area contributed by atoms with Crippen LogP contribution in [0.2, 0.25) is 0 Å². The lowest BCUT2D eigenvalue weighted by molar-refractivity contribution is 0.199. The van der Waals surface area contributed by atoms with Gasteiger partial charge in [-0.3, -0.25) is 0 Å². The first-order valence-electron chi connectivity index (χ1n) is 6.64. The molecular weight excluding hydrogens is 270 g/mol. The van der Waals surface area contributed by atoms with Gasteiger partial charge in [-0.25, -0.2) is 4.98 Å². The highest BCUT2D eigenvalue weighted by Crippen LogP contribution is 2.32. The highest BCUT2D eigenvalue weighted by molar-refractivity contribution is 7.16. The van der Waals surface area contributed by atoms with Crippen molar-refractivity contribution in [2.24, 2.45) is 0 Å². The molecule has 0 saturated heterocycles. The fraction of sp³-hybridized carbons (Fsp3) is 0.400. The normalized spacial score (nSPS) is 10.8. The van der Waals surface area contributed by atoms with Crippen LogP contribution in [0.4, 0.5) is 5.13 Å². The molecule has 5 heteroatoms. The summed E-state index contributed by atoms with van der Waals surface area (Å²) in [5.41, 5.74) is 2.24. The fourth-order valence-electron chi connectivity index (χ4n) is 1.85. The highest BCUT2D eigenvalue weighted by Gasteiger charge is 2.13. The summed E-state index contributed by atoms with van der Waals surface area (Å²) < 4.78 is 5.06. The molecule has 0 spiro atoms. The smallest absolute Gasteiger partial charge is 0.185 e. The molecule has 1 aromatic heterocycles. The van der Waals surface area contributed by atoms with E-state index in [0.717, 1.165) is 30.5 Å². The molecule has 0 saturated carbocycles. The lowest BCUT2D eigenvalue weighted by Crippen LogP contribution is -2.18. The summed E-state index contributed by atoms with van der Waals surface area (Å²) >= 11 is 1.73. The van der Waals surface area contributed by atoms with Gasteiger partial charge in [0.2, 0.25) is 0 Å². The van der Waals surface area contributed by atoms with Gasteiger partial charge in [0, 0.05) is 44.7 Å². The molecule has 0 fully saturated rings. The van der Waals surface area contributed by atoms with Gasteiger partial charge in [0.15, 0.2) is 5.13 Å². The van der Waals surface area contributed by atoms with Crippen molar-refractivity contribution in [1.82, 2.24) is 10.3 Å². The summed E-state index contributed by atoms with van der Waals surface area (Å²) in [4.78, 5) is 8.06. The summed E-state index contributed by atoms with van der Waals surface area (Å²) in [6.45, 7) is 2.39. The van der Waals surface area contributed by atoms with Gasteiger partial charge in [0.25, 0.3) is 0 Å². The van der Waals surface area contributed by atoms with E-state index in [1.54, 1.807) is 18.4 Å². The molecule has 2 rings (SSSR count). The topological polar surface area (TPSA) is 37.4 Å². The molecule has 0 radical (unpaired) electrons. The molecule has 0 atom stereocenters. The third kappa shape index (κ3) is 3.79. The van der Waals surface area contributed by atoms with E-state index in [4.69, 9.17) is 9.72 Å².